The molecule has 2 rings (SSSR count). The first-order chi connectivity index (χ1) is 6.36. The van der Waals surface area contributed by atoms with Crippen molar-refractivity contribution < 1.29 is 20.1 Å². The van der Waals surface area contributed by atoms with Crippen molar-refractivity contribution in [2.45, 2.75) is 6.92 Å². The smallest absolute Gasteiger partial charge is 0 e. The summed E-state index contributed by atoms with van der Waals surface area (Å²) in [5, 5.41) is 0. The number of benzene rings is 2. The number of hydrogen-bond donors (Lipinski definition) is 0. The van der Waals surface area contributed by atoms with Crippen molar-refractivity contribution in [3.8, 4) is 11.1 Å². The molecule has 0 aliphatic heterocycles. The summed E-state index contributed by atoms with van der Waals surface area (Å²) in [5.74, 6) is 0. The second-order valence-corrected chi connectivity index (χ2v) is 3.13. The van der Waals surface area contributed by atoms with E-state index in [9.17, 15) is 0 Å². The monoisotopic (exact) mass is 360 g/mol. The van der Waals surface area contributed by atoms with E-state index in [1.165, 1.54) is 16.7 Å². The van der Waals surface area contributed by atoms with Crippen molar-refractivity contribution in [1.29, 1.82) is 0 Å². The largest absolute Gasteiger partial charge is 0.180 e. The maximum absolute atomic E-state index is 3.20. The van der Waals surface area contributed by atoms with Gasteiger partial charge in [-0.2, -0.15) is 29.8 Å². The Hall–Kier alpha value is -0.911. The van der Waals surface area contributed by atoms with Crippen LogP contribution in [0.2, 0.25) is 0 Å². The van der Waals surface area contributed by atoms with Gasteiger partial charge in [0.1, 0.15) is 0 Å². The first kappa shape index (κ1) is 11.2. The van der Waals surface area contributed by atoms with Crippen LogP contribution in [-0.4, -0.2) is 0 Å². The Balaban J connectivity index is 0.000000980. The molecule has 0 aliphatic rings. The van der Waals surface area contributed by atoms with Crippen LogP contribution in [0.15, 0.2) is 48.5 Å². The molecule has 0 saturated carbocycles. The maximum Gasteiger partial charge on any atom is 0 e. The molecule has 14 heavy (non-hydrogen) atoms. The molecule has 2 aromatic rings. The summed E-state index contributed by atoms with van der Waals surface area (Å²) in [6, 6.07) is 19.8. The fraction of sp³-hybridized carbons (Fsp3) is 0.0769. The summed E-state index contributed by atoms with van der Waals surface area (Å²) in [6.07, 6.45) is 0. The van der Waals surface area contributed by atoms with Gasteiger partial charge in [0.2, 0.25) is 0 Å². The van der Waals surface area contributed by atoms with Crippen molar-refractivity contribution in [3.05, 3.63) is 60.2 Å². The minimum Gasteiger partial charge on any atom is -0.180 e. The molecule has 0 amide bonds. The van der Waals surface area contributed by atoms with E-state index in [0.717, 1.165) is 0 Å². The topological polar surface area (TPSA) is 0 Å². The standard InChI is InChI=1S/C13H11.Ir/c1-11-7-9-13(10-8-11)12-5-3-2-4-6-12;/h2-7,9-10H,1H3;/q-1;. The zero-order valence-corrected chi connectivity index (χ0v) is 10.3. The Morgan fingerprint density at radius 1 is 0.857 bits per heavy atom. The van der Waals surface area contributed by atoms with Crippen molar-refractivity contribution in [1.82, 2.24) is 0 Å². The van der Waals surface area contributed by atoms with Crippen LogP contribution in [0.4, 0.5) is 0 Å². The van der Waals surface area contributed by atoms with Gasteiger partial charge in [0, 0.05) is 20.1 Å². The maximum atomic E-state index is 3.20. The molecule has 0 fully saturated rings. The van der Waals surface area contributed by atoms with Gasteiger partial charge in [-0.25, -0.2) is 0 Å². The molecule has 0 aromatic heterocycles. The second kappa shape index (κ2) is 5.09. The van der Waals surface area contributed by atoms with Gasteiger partial charge in [0.05, 0.1) is 0 Å². The van der Waals surface area contributed by atoms with Gasteiger partial charge in [-0.15, -0.1) is 5.56 Å². The number of aryl methyl sites for hydroxylation is 1. The van der Waals surface area contributed by atoms with Gasteiger partial charge in [0.15, 0.2) is 0 Å². The number of hydrogen-bond acceptors (Lipinski definition) is 0. The molecule has 73 valence electrons. The van der Waals surface area contributed by atoms with E-state index in [-0.39, 0.29) is 20.1 Å². The number of rotatable bonds is 1. The van der Waals surface area contributed by atoms with E-state index in [1.54, 1.807) is 0 Å². The third-order valence-electron chi connectivity index (χ3n) is 2.08. The van der Waals surface area contributed by atoms with Crippen LogP contribution >= 0.6 is 0 Å². The fourth-order valence-electron chi connectivity index (χ4n) is 1.31. The molecule has 0 spiro atoms. The van der Waals surface area contributed by atoms with E-state index < -0.39 is 0 Å². The fourth-order valence-corrected chi connectivity index (χ4v) is 1.31. The molecule has 0 nitrogen and oxygen atoms in total. The zero-order chi connectivity index (χ0) is 9.10. The molecule has 0 unspecified atom stereocenters. The van der Waals surface area contributed by atoms with Gasteiger partial charge in [0.25, 0.3) is 0 Å². The summed E-state index contributed by atoms with van der Waals surface area (Å²) >= 11 is 0. The SMILES string of the molecule is Cc1[c-]cc(-c2ccccc2)cc1.[Ir]. The van der Waals surface area contributed by atoms with E-state index in [1.807, 2.05) is 12.1 Å². The Kier molecular flexibility index (Phi) is 4.06. The quantitative estimate of drug-likeness (QED) is 0.684. The summed E-state index contributed by atoms with van der Waals surface area (Å²) in [5.41, 5.74) is 3.66. The Labute approximate surface area is 98.3 Å². The molecule has 0 heterocycles. The summed E-state index contributed by atoms with van der Waals surface area (Å²) in [7, 11) is 0. The molecule has 2 aromatic carbocycles. The molecule has 1 radical (unpaired) electrons. The van der Waals surface area contributed by atoms with Crippen LogP contribution in [0.25, 0.3) is 11.1 Å². The van der Waals surface area contributed by atoms with E-state index in [0.29, 0.717) is 0 Å². The average molecular weight is 359 g/mol. The van der Waals surface area contributed by atoms with Crippen molar-refractivity contribution >= 4 is 0 Å². The van der Waals surface area contributed by atoms with Gasteiger partial charge in [-0.1, -0.05) is 42.8 Å². The summed E-state index contributed by atoms with van der Waals surface area (Å²) in [4.78, 5) is 0. The van der Waals surface area contributed by atoms with Gasteiger partial charge < -0.3 is 0 Å². The van der Waals surface area contributed by atoms with Gasteiger partial charge in [-0.3, -0.25) is 0 Å². The Bertz CT molecular complexity index is 376. The molecule has 0 N–H and O–H groups in total. The van der Waals surface area contributed by atoms with Crippen LogP contribution in [-0.2, 0) is 20.1 Å². The molecular formula is C13H11Ir-. The summed E-state index contributed by atoms with van der Waals surface area (Å²) in [6.45, 7) is 2.05. The third kappa shape index (κ3) is 2.54. The summed E-state index contributed by atoms with van der Waals surface area (Å²) < 4.78 is 0. The van der Waals surface area contributed by atoms with E-state index >= 15 is 0 Å². The molecule has 0 aliphatic carbocycles. The molecule has 0 saturated heterocycles. The zero-order valence-electron chi connectivity index (χ0n) is 7.95. The van der Waals surface area contributed by atoms with Crippen molar-refractivity contribution in [3.63, 3.8) is 0 Å². The van der Waals surface area contributed by atoms with Gasteiger partial charge >= 0.3 is 0 Å². The van der Waals surface area contributed by atoms with Crippen LogP contribution in [0.1, 0.15) is 5.56 Å². The minimum atomic E-state index is 0. The van der Waals surface area contributed by atoms with Crippen LogP contribution in [0.5, 0.6) is 0 Å². The van der Waals surface area contributed by atoms with Crippen molar-refractivity contribution in [2.24, 2.45) is 0 Å². The van der Waals surface area contributed by atoms with Crippen LogP contribution < -0.4 is 0 Å². The molecule has 0 atom stereocenters. The molecule has 0 bridgehead atoms. The predicted molar refractivity (Wildman–Crippen MR) is 55.5 cm³/mol. The van der Waals surface area contributed by atoms with Crippen LogP contribution in [0, 0.1) is 13.0 Å². The van der Waals surface area contributed by atoms with Crippen LogP contribution in [0.3, 0.4) is 0 Å². The average Bonchev–Trinajstić information content (AvgIpc) is 2.20. The third-order valence-corrected chi connectivity index (χ3v) is 2.08. The Morgan fingerprint density at radius 3 is 2.14 bits per heavy atom. The van der Waals surface area contributed by atoms with Crippen molar-refractivity contribution in [2.75, 3.05) is 0 Å². The predicted octanol–water partition coefficient (Wildman–Crippen LogP) is 3.46. The normalized spacial score (nSPS) is 9.21. The second-order valence-electron chi connectivity index (χ2n) is 3.13. The Morgan fingerprint density at radius 2 is 1.57 bits per heavy atom. The van der Waals surface area contributed by atoms with E-state index in [4.69, 9.17) is 0 Å². The molecule has 1 heteroatoms. The van der Waals surface area contributed by atoms with Gasteiger partial charge in [-0.05, 0) is 0 Å². The first-order valence-corrected chi connectivity index (χ1v) is 4.40. The van der Waals surface area contributed by atoms with E-state index in [2.05, 4.69) is 49.4 Å². The first-order valence-electron chi connectivity index (χ1n) is 4.40. The molecular weight excluding hydrogens is 348 g/mol. The minimum absolute atomic E-state index is 0.